The van der Waals surface area contributed by atoms with Crippen molar-refractivity contribution in [3.63, 3.8) is 0 Å². The van der Waals surface area contributed by atoms with Gasteiger partial charge in [0.15, 0.2) is 11.4 Å². The van der Waals surface area contributed by atoms with Crippen LogP contribution in [-0.4, -0.2) is 63.5 Å². The summed E-state index contributed by atoms with van der Waals surface area (Å²) in [4.78, 5) is 27.7. The van der Waals surface area contributed by atoms with Crippen LogP contribution in [-0.2, 0) is 6.42 Å². The summed E-state index contributed by atoms with van der Waals surface area (Å²) >= 11 is 0.625. The van der Waals surface area contributed by atoms with Crippen molar-refractivity contribution in [1.82, 2.24) is 14.9 Å². The van der Waals surface area contributed by atoms with Gasteiger partial charge in [-0.15, -0.1) is 0 Å². The second-order valence-electron chi connectivity index (χ2n) is 8.65. The second-order valence-corrected chi connectivity index (χ2v) is 9.76. The van der Waals surface area contributed by atoms with Crippen LogP contribution in [0.1, 0.15) is 40.9 Å². The number of fused-ring (bicyclic) bond motifs is 1. The highest BCUT2D eigenvalue weighted by Crippen LogP contribution is 2.35. The molecule has 1 aromatic carbocycles. The predicted octanol–water partition coefficient (Wildman–Crippen LogP) is 2.23. The van der Waals surface area contributed by atoms with Crippen LogP contribution >= 0.6 is 11.8 Å². The number of hydrogen-bond acceptors (Lipinski definition) is 8. The van der Waals surface area contributed by atoms with Gasteiger partial charge in [0.05, 0.1) is 10.6 Å². The molecule has 1 atom stereocenters. The molecule has 4 N–H and O–H groups in total. The van der Waals surface area contributed by atoms with Gasteiger partial charge in [0.2, 0.25) is 5.43 Å². The third kappa shape index (κ3) is 4.31. The molecule has 1 unspecified atom stereocenters. The van der Waals surface area contributed by atoms with Gasteiger partial charge in [0.25, 0.3) is 5.91 Å². The molecule has 0 radical (unpaired) electrons. The van der Waals surface area contributed by atoms with E-state index in [9.17, 15) is 23.5 Å². The second kappa shape index (κ2) is 9.42. The lowest BCUT2D eigenvalue weighted by Crippen LogP contribution is -2.68. The zero-order valence-electron chi connectivity index (χ0n) is 19.3. The van der Waals surface area contributed by atoms with E-state index in [1.54, 1.807) is 24.0 Å². The zero-order valence-corrected chi connectivity index (χ0v) is 20.1. The number of halogens is 2. The van der Waals surface area contributed by atoms with Gasteiger partial charge in [-0.3, -0.25) is 30.1 Å². The molecule has 2 aliphatic rings. The van der Waals surface area contributed by atoms with E-state index in [1.807, 2.05) is 0 Å². The van der Waals surface area contributed by atoms with E-state index in [4.69, 9.17) is 10.8 Å². The van der Waals surface area contributed by atoms with Crippen LogP contribution in [0.25, 0.3) is 0 Å². The summed E-state index contributed by atoms with van der Waals surface area (Å²) in [6.07, 6.45) is 3.24. The molecule has 9 nitrogen and oxygen atoms in total. The number of pyridine rings is 1. The van der Waals surface area contributed by atoms with Crippen LogP contribution in [0.5, 0.6) is 5.75 Å². The number of nitrogens with zero attached hydrogens (tertiary/aromatic N) is 3. The monoisotopic (exact) mass is 504 g/mol. The van der Waals surface area contributed by atoms with E-state index < -0.39 is 34.4 Å². The van der Waals surface area contributed by atoms with Crippen molar-refractivity contribution < 1.29 is 18.7 Å². The lowest BCUT2D eigenvalue weighted by atomic mass is 9.96. The molecule has 35 heavy (non-hydrogen) atoms. The molecule has 2 aliphatic heterocycles. The predicted molar refractivity (Wildman–Crippen MR) is 130 cm³/mol. The van der Waals surface area contributed by atoms with Gasteiger partial charge >= 0.3 is 0 Å². The van der Waals surface area contributed by atoms with E-state index in [1.165, 1.54) is 16.9 Å². The van der Waals surface area contributed by atoms with E-state index >= 15 is 0 Å². The fourth-order valence-corrected chi connectivity index (χ4v) is 5.43. The van der Waals surface area contributed by atoms with Crippen LogP contribution in [0.2, 0.25) is 0 Å². The number of aromatic hydroxyl groups is 1. The number of amides is 1. The molecule has 186 valence electrons. The molecule has 1 amide bonds. The number of aromatic nitrogens is 1. The van der Waals surface area contributed by atoms with Gasteiger partial charge in [-0.25, -0.2) is 8.78 Å². The van der Waals surface area contributed by atoms with E-state index in [0.29, 0.717) is 31.1 Å². The van der Waals surface area contributed by atoms with E-state index in [-0.39, 0.29) is 33.3 Å². The molecule has 3 heterocycles. The van der Waals surface area contributed by atoms with Crippen molar-refractivity contribution in [2.24, 2.45) is 0 Å². The lowest BCUT2D eigenvalue weighted by molar-refractivity contribution is 0.0341. The number of nitrogens with one attached hydrogen (secondary N) is 3. The third-order valence-corrected chi connectivity index (χ3v) is 7.51. The van der Waals surface area contributed by atoms with Crippen molar-refractivity contribution in [1.29, 1.82) is 10.8 Å². The highest BCUT2D eigenvalue weighted by atomic mass is 32.2. The Kier molecular flexibility index (Phi) is 6.69. The number of hydrogen-bond donors (Lipinski definition) is 4. The Bertz CT molecular complexity index is 1270. The van der Waals surface area contributed by atoms with Crippen LogP contribution in [0.4, 0.5) is 8.78 Å². The molecular weight excluding hydrogens is 478 g/mol. The molecule has 4 rings (SSSR count). The maximum atomic E-state index is 14.0. The Hall–Kier alpha value is -3.25. The Morgan fingerprint density at radius 1 is 1.20 bits per heavy atom. The maximum absolute atomic E-state index is 14.0. The summed E-state index contributed by atoms with van der Waals surface area (Å²) in [5.74, 6) is -2.80. The SMILES string of the molecule is CN1C(=O)c2c(O)c(=O)c(C(=N)SC(=N)Cc3ccc(F)cc3F)cn2N(C)C12CCCNCC2. The average molecular weight is 505 g/mol. The summed E-state index contributed by atoms with van der Waals surface area (Å²) in [7, 11) is 3.42. The van der Waals surface area contributed by atoms with Crippen molar-refractivity contribution in [2.75, 3.05) is 32.2 Å². The standard InChI is InChI=1S/C23H26F2N6O3S/c1-29-22(34)18-20(33)19(32)15(12-31(18)30(2)23(29)6-3-8-28-9-7-23)21(27)35-17(26)10-13-4-5-14(24)11-16(13)25/h4-5,11-12,26-28,33H,3,6-10H2,1-2H3. The third-order valence-electron chi connectivity index (χ3n) is 6.69. The Morgan fingerprint density at radius 3 is 2.66 bits per heavy atom. The molecule has 2 aromatic rings. The fraction of sp³-hybridized carbons (Fsp3) is 0.391. The highest BCUT2D eigenvalue weighted by molar-refractivity contribution is 8.26. The average Bonchev–Trinajstić information content (AvgIpc) is 3.07. The first-order valence-electron chi connectivity index (χ1n) is 11.1. The van der Waals surface area contributed by atoms with Crippen molar-refractivity contribution in [3.05, 3.63) is 63.1 Å². The van der Waals surface area contributed by atoms with Crippen molar-refractivity contribution in [2.45, 2.75) is 31.3 Å². The number of thioether (sulfide) groups is 1. The first-order chi connectivity index (χ1) is 16.6. The number of rotatable bonds is 3. The maximum Gasteiger partial charge on any atom is 0.278 e. The summed E-state index contributed by atoms with van der Waals surface area (Å²) in [5, 5.41) is 31.9. The number of carbonyl (C=O) groups excluding carboxylic acids is 1. The Balaban J connectivity index is 1.66. The number of benzene rings is 1. The summed E-state index contributed by atoms with van der Waals surface area (Å²) < 4.78 is 28.5. The molecule has 1 fully saturated rings. The van der Waals surface area contributed by atoms with Gasteiger partial charge in [-0.05, 0) is 37.6 Å². The molecule has 12 heteroatoms. The molecule has 0 aliphatic carbocycles. The van der Waals surface area contributed by atoms with E-state index in [2.05, 4.69) is 5.32 Å². The summed E-state index contributed by atoms with van der Waals surface area (Å²) in [6.45, 7) is 1.49. The first kappa shape index (κ1) is 24.9. The van der Waals surface area contributed by atoms with Crippen LogP contribution < -0.4 is 15.8 Å². The van der Waals surface area contributed by atoms with E-state index in [0.717, 1.165) is 25.1 Å². The zero-order chi connectivity index (χ0) is 25.5. The number of carbonyl (C=O) groups is 1. The molecular formula is C23H26F2N6O3S. The topological polar surface area (TPSA) is 126 Å². The molecule has 0 bridgehead atoms. The minimum absolute atomic E-state index is 0.0824. The van der Waals surface area contributed by atoms with Gasteiger partial charge in [0.1, 0.15) is 22.3 Å². The smallest absolute Gasteiger partial charge is 0.278 e. The summed E-state index contributed by atoms with van der Waals surface area (Å²) in [6, 6.07) is 3.02. The minimum Gasteiger partial charge on any atom is -0.502 e. The quantitative estimate of drug-likeness (QED) is 0.375. The van der Waals surface area contributed by atoms with Gasteiger partial charge in [-0.2, -0.15) is 0 Å². The molecule has 1 aromatic heterocycles. The first-order valence-corrected chi connectivity index (χ1v) is 11.9. The van der Waals surface area contributed by atoms with Crippen molar-refractivity contribution >= 4 is 27.8 Å². The molecule has 1 spiro atoms. The van der Waals surface area contributed by atoms with Gasteiger partial charge < -0.3 is 15.3 Å². The normalized spacial score (nSPS) is 20.1. The lowest BCUT2D eigenvalue weighted by Gasteiger charge is -2.53. The largest absolute Gasteiger partial charge is 0.502 e. The molecule has 1 saturated heterocycles. The van der Waals surface area contributed by atoms with Gasteiger partial charge in [-0.1, -0.05) is 17.8 Å². The Morgan fingerprint density at radius 2 is 1.94 bits per heavy atom. The molecule has 0 saturated carbocycles. The Labute approximate surface area is 204 Å². The van der Waals surface area contributed by atoms with Gasteiger partial charge in [0, 0.05) is 39.2 Å². The summed E-state index contributed by atoms with van der Waals surface area (Å²) in [5.41, 5.74) is -1.88. The van der Waals surface area contributed by atoms with Crippen LogP contribution in [0.15, 0.2) is 29.2 Å². The minimum atomic E-state index is -0.900. The van der Waals surface area contributed by atoms with Crippen LogP contribution in [0, 0.1) is 22.5 Å². The van der Waals surface area contributed by atoms with Crippen LogP contribution in [0.3, 0.4) is 0 Å². The van der Waals surface area contributed by atoms with Crippen molar-refractivity contribution in [3.8, 4) is 5.75 Å². The highest BCUT2D eigenvalue weighted by Gasteiger charge is 2.48. The fourth-order valence-electron chi connectivity index (χ4n) is 4.70.